The number of carbonyl (C=O) groups excluding carboxylic acids is 2. The Morgan fingerprint density at radius 3 is 2.48 bits per heavy atom. The number of thiophene rings is 1. The summed E-state index contributed by atoms with van der Waals surface area (Å²) in [7, 11) is 4.44. The summed E-state index contributed by atoms with van der Waals surface area (Å²) in [5.74, 6) is 0.0469. The Kier molecular flexibility index (Phi) is 7.96. The lowest BCUT2D eigenvalue weighted by Gasteiger charge is -2.14. The average Bonchev–Trinajstić information content (AvgIpc) is 3.19. The Hall–Kier alpha value is -3.51. The molecule has 0 fully saturated rings. The van der Waals surface area contributed by atoms with Crippen LogP contribution in [0.4, 0.5) is 5.00 Å². The standard InChI is InChI=1S/C24H26N2O6S/c1-5-32-24(28)19-16-8-6-7-9-18(16)33-23(19)26-22(27)15(13-25)12-14-10-11-17(29-2)21(31-4)20(14)30-3/h10-12H,5-9H2,1-4H3,(H,26,27). The number of rotatable bonds is 8. The molecule has 1 heterocycles. The first kappa shape index (κ1) is 24.1. The first-order valence-electron chi connectivity index (χ1n) is 10.5. The SMILES string of the molecule is CCOC(=O)c1c(NC(=O)C(C#N)=Cc2ccc(OC)c(OC)c2OC)sc2c1CCCC2. The van der Waals surface area contributed by atoms with Crippen LogP contribution in [-0.4, -0.2) is 39.8 Å². The number of hydrogen-bond acceptors (Lipinski definition) is 8. The summed E-state index contributed by atoms with van der Waals surface area (Å²) in [5.41, 5.74) is 1.65. The van der Waals surface area contributed by atoms with Gasteiger partial charge in [0.1, 0.15) is 16.6 Å². The topological polar surface area (TPSA) is 107 Å². The molecule has 9 heteroatoms. The molecule has 8 nitrogen and oxygen atoms in total. The molecule has 33 heavy (non-hydrogen) atoms. The minimum atomic E-state index is -0.626. The van der Waals surface area contributed by atoms with Crippen LogP contribution in [0.25, 0.3) is 6.08 Å². The molecule has 0 atom stereocenters. The third kappa shape index (κ3) is 4.96. The van der Waals surface area contributed by atoms with Crippen molar-refractivity contribution in [3.63, 3.8) is 0 Å². The van der Waals surface area contributed by atoms with Gasteiger partial charge in [-0.2, -0.15) is 5.26 Å². The number of ether oxygens (including phenoxy) is 4. The average molecular weight is 471 g/mol. The van der Waals surface area contributed by atoms with Gasteiger partial charge in [0.25, 0.3) is 5.91 Å². The van der Waals surface area contributed by atoms with Crippen molar-refractivity contribution in [3.8, 4) is 23.3 Å². The van der Waals surface area contributed by atoms with E-state index in [0.717, 1.165) is 36.1 Å². The Bertz CT molecular complexity index is 1130. The highest BCUT2D eigenvalue weighted by Gasteiger charge is 2.28. The maximum atomic E-state index is 13.0. The summed E-state index contributed by atoms with van der Waals surface area (Å²) in [6.45, 7) is 1.97. The van der Waals surface area contributed by atoms with Crippen molar-refractivity contribution >= 4 is 34.3 Å². The largest absolute Gasteiger partial charge is 0.493 e. The number of nitrogens with one attached hydrogen (secondary N) is 1. The zero-order valence-corrected chi connectivity index (χ0v) is 19.9. The zero-order valence-electron chi connectivity index (χ0n) is 19.1. The Labute approximate surface area is 196 Å². The molecule has 0 bridgehead atoms. The molecular weight excluding hydrogens is 444 g/mol. The van der Waals surface area contributed by atoms with E-state index in [1.165, 1.54) is 38.7 Å². The Morgan fingerprint density at radius 2 is 1.85 bits per heavy atom. The number of nitrogens with zero attached hydrogens (tertiary/aromatic N) is 1. The van der Waals surface area contributed by atoms with Crippen molar-refractivity contribution in [2.24, 2.45) is 0 Å². The minimum Gasteiger partial charge on any atom is -0.493 e. The van der Waals surface area contributed by atoms with Gasteiger partial charge in [0.2, 0.25) is 5.75 Å². The van der Waals surface area contributed by atoms with Crippen LogP contribution < -0.4 is 19.5 Å². The van der Waals surface area contributed by atoms with E-state index in [1.807, 2.05) is 6.07 Å². The normalized spacial score (nSPS) is 12.9. The Morgan fingerprint density at radius 1 is 1.12 bits per heavy atom. The van der Waals surface area contributed by atoms with E-state index >= 15 is 0 Å². The van der Waals surface area contributed by atoms with Gasteiger partial charge in [-0.25, -0.2) is 4.79 Å². The van der Waals surface area contributed by atoms with Gasteiger partial charge in [0.15, 0.2) is 11.5 Å². The lowest BCUT2D eigenvalue weighted by Crippen LogP contribution is -2.16. The molecule has 0 saturated carbocycles. The molecule has 2 aromatic rings. The van der Waals surface area contributed by atoms with Gasteiger partial charge in [-0.1, -0.05) is 0 Å². The molecule has 174 valence electrons. The number of aryl methyl sites for hydroxylation is 1. The third-order valence-electron chi connectivity index (χ3n) is 5.28. The van der Waals surface area contributed by atoms with Crippen LogP contribution in [0.3, 0.4) is 0 Å². The Balaban J connectivity index is 1.98. The summed E-state index contributed by atoms with van der Waals surface area (Å²) in [4.78, 5) is 26.7. The van der Waals surface area contributed by atoms with E-state index in [1.54, 1.807) is 19.1 Å². The second kappa shape index (κ2) is 10.9. The molecule has 3 rings (SSSR count). The summed E-state index contributed by atoms with van der Waals surface area (Å²) >= 11 is 1.37. The van der Waals surface area contributed by atoms with Crippen LogP contribution in [-0.2, 0) is 22.4 Å². The first-order chi connectivity index (χ1) is 16.0. The number of nitriles is 1. The molecule has 1 aliphatic carbocycles. The van der Waals surface area contributed by atoms with Gasteiger partial charge in [-0.3, -0.25) is 4.79 Å². The molecule has 1 aromatic heterocycles. The molecule has 1 aromatic carbocycles. The monoisotopic (exact) mass is 470 g/mol. The van der Waals surface area contributed by atoms with Gasteiger partial charge in [-0.05, 0) is 56.4 Å². The lowest BCUT2D eigenvalue weighted by atomic mass is 9.95. The van der Waals surface area contributed by atoms with Crippen molar-refractivity contribution in [1.82, 2.24) is 0 Å². The van der Waals surface area contributed by atoms with Crippen LogP contribution in [0.15, 0.2) is 17.7 Å². The molecule has 0 saturated heterocycles. The van der Waals surface area contributed by atoms with Gasteiger partial charge >= 0.3 is 5.97 Å². The fourth-order valence-corrected chi connectivity index (χ4v) is 5.06. The number of carbonyl (C=O) groups is 2. The highest BCUT2D eigenvalue weighted by atomic mass is 32.1. The first-order valence-corrected chi connectivity index (χ1v) is 11.3. The number of amides is 1. The summed E-state index contributed by atoms with van der Waals surface area (Å²) in [5, 5.41) is 12.9. The molecule has 0 spiro atoms. The number of anilines is 1. The van der Waals surface area contributed by atoms with Crippen LogP contribution in [0, 0.1) is 11.3 Å². The highest BCUT2D eigenvalue weighted by molar-refractivity contribution is 7.17. The van der Waals surface area contributed by atoms with Crippen molar-refractivity contribution in [2.75, 3.05) is 33.3 Å². The van der Waals surface area contributed by atoms with Crippen molar-refractivity contribution in [1.29, 1.82) is 5.26 Å². The molecule has 0 unspecified atom stereocenters. The van der Waals surface area contributed by atoms with Gasteiger partial charge < -0.3 is 24.3 Å². The highest BCUT2D eigenvalue weighted by Crippen LogP contribution is 2.41. The number of esters is 1. The molecular formula is C24H26N2O6S. The summed E-state index contributed by atoms with van der Waals surface area (Å²) in [6, 6.07) is 5.26. The van der Waals surface area contributed by atoms with Crippen molar-refractivity contribution in [2.45, 2.75) is 32.6 Å². The van der Waals surface area contributed by atoms with E-state index in [9.17, 15) is 14.9 Å². The number of fused-ring (bicyclic) bond motifs is 1. The third-order valence-corrected chi connectivity index (χ3v) is 6.48. The van der Waals surface area contributed by atoms with Crippen LogP contribution in [0.2, 0.25) is 0 Å². The fourth-order valence-electron chi connectivity index (χ4n) is 3.79. The van der Waals surface area contributed by atoms with Crippen LogP contribution >= 0.6 is 11.3 Å². The van der Waals surface area contributed by atoms with Crippen molar-refractivity contribution in [3.05, 3.63) is 39.3 Å². The van der Waals surface area contributed by atoms with E-state index < -0.39 is 11.9 Å². The molecule has 1 N–H and O–H groups in total. The number of benzene rings is 1. The van der Waals surface area contributed by atoms with Gasteiger partial charge in [0, 0.05) is 10.4 Å². The molecule has 0 radical (unpaired) electrons. The van der Waals surface area contributed by atoms with Gasteiger partial charge in [-0.15, -0.1) is 11.3 Å². The second-order valence-electron chi connectivity index (χ2n) is 7.18. The smallest absolute Gasteiger partial charge is 0.341 e. The fraction of sp³-hybridized carbons (Fsp3) is 0.375. The predicted molar refractivity (Wildman–Crippen MR) is 125 cm³/mol. The number of hydrogen-bond donors (Lipinski definition) is 1. The predicted octanol–water partition coefficient (Wildman–Crippen LogP) is 4.38. The molecule has 1 aliphatic rings. The molecule has 0 aliphatic heterocycles. The van der Waals surface area contributed by atoms with Crippen LogP contribution in [0.5, 0.6) is 17.2 Å². The quantitative estimate of drug-likeness (QED) is 0.347. The van der Waals surface area contributed by atoms with Gasteiger partial charge in [0.05, 0.1) is 33.5 Å². The maximum Gasteiger partial charge on any atom is 0.341 e. The zero-order chi connectivity index (χ0) is 24.0. The lowest BCUT2D eigenvalue weighted by molar-refractivity contribution is -0.112. The second-order valence-corrected chi connectivity index (χ2v) is 8.29. The maximum absolute atomic E-state index is 13.0. The molecule has 1 amide bonds. The van der Waals surface area contributed by atoms with E-state index in [2.05, 4.69) is 5.32 Å². The van der Waals surface area contributed by atoms with E-state index in [4.69, 9.17) is 18.9 Å². The summed E-state index contributed by atoms with van der Waals surface area (Å²) < 4.78 is 21.3. The van der Waals surface area contributed by atoms with Crippen molar-refractivity contribution < 1.29 is 28.5 Å². The van der Waals surface area contributed by atoms with E-state index in [0.29, 0.717) is 33.4 Å². The summed E-state index contributed by atoms with van der Waals surface area (Å²) in [6.07, 6.45) is 5.04. The minimum absolute atomic E-state index is 0.151. The van der Waals surface area contributed by atoms with Crippen LogP contribution in [0.1, 0.15) is 46.1 Å². The number of methoxy groups -OCH3 is 3. The van der Waals surface area contributed by atoms with E-state index in [-0.39, 0.29) is 12.2 Å².